The monoisotopic (exact) mass is 318 g/mol. The maximum atomic E-state index is 11.9. The summed E-state index contributed by atoms with van der Waals surface area (Å²) in [5.74, 6) is 0.693. The molecule has 23 heavy (non-hydrogen) atoms. The predicted octanol–water partition coefficient (Wildman–Crippen LogP) is 2.34. The third kappa shape index (κ3) is 3.67. The third-order valence-corrected chi connectivity index (χ3v) is 4.79. The number of benzene rings is 1. The first-order chi connectivity index (χ1) is 11.2. The van der Waals surface area contributed by atoms with Crippen molar-refractivity contribution in [3.8, 4) is 5.75 Å². The Bertz CT molecular complexity index is 555. The lowest BCUT2D eigenvalue weighted by Gasteiger charge is -2.30. The summed E-state index contributed by atoms with van der Waals surface area (Å²) in [7, 11) is 0. The van der Waals surface area contributed by atoms with Crippen molar-refractivity contribution in [1.82, 2.24) is 4.90 Å². The maximum absolute atomic E-state index is 11.9. The average Bonchev–Trinajstić information content (AvgIpc) is 2.60. The molecule has 2 heterocycles. The smallest absolute Gasteiger partial charge is 0.265 e. The largest absolute Gasteiger partial charge is 0.482 e. The highest BCUT2D eigenvalue weighted by molar-refractivity contribution is 5.97. The minimum Gasteiger partial charge on any atom is -0.482 e. The minimum absolute atomic E-state index is 0.0278. The van der Waals surface area contributed by atoms with Gasteiger partial charge in [-0.15, -0.1) is 0 Å². The lowest BCUT2D eigenvalue weighted by molar-refractivity contribution is -0.121. The van der Waals surface area contributed by atoms with Crippen molar-refractivity contribution in [3.63, 3.8) is 0 Å². The Morgan fingerprint density at radius 3 is 2.78 bits per heavy atom. The van der Waals surface area contributed by atoms with Crippen LogP contribution in [0, 0.1) is 0 Å². The fourth-order valence-corrected chi connectivity index (χ4v) is 3.43. The number of aliphatic hydroxyl groups excluding tert-OH is 1. The molecule has 0 aromatic heterocycles. The van der Waals surface area contributed by atoms with E-state index < -0.39 is 6.10 Å². The number of amides is 1. The number of carbonyl (C=O) groups is 1. The lowest BCUT2D eigenvalue weighted by atomic mass is 10.0. The first-order valence-corrected chi connectivity index (χ1v) is 8.66. The van der Waals surface area contributed by atoms with Crippen LogP contribution in [0.3, 0.4) is 0 Å². The quantitative estimate of drug-likeness (QED) is 0.905. The van der Waals surface area contributed by atoms with E-state index in [2.05, 4.69) is 4.90 Å². The average molecular weight is 318 g/mol. The van der Waals surface area contributed by atoms with Gasteiger partial charge in [-0.2, -0.15) is 0 Å². The van der Waals surface area contributed by atoms with Crippen LogP contribution < -0.4 is 9.64 Å². The van der Waals surface area contributed by atoms with Gasteiger partial charge in [-0.1, -0.05) is 12.5 Å². The first kappa shape index (κ1) is 16.3. The Morgan fingerprint density at radius 2 is 2.04 bits per heavy atom. The van der Waals surface area contributed by atoms with Crippen molar-refractivity contribution in [2.75, 3.05) is 37.7 Å². The summed E-state index contributed by atoms with van der Waals surface area (Å²) in [6, 6.07) is 5.67. The lowest BCUT2D eigenvalue weighted by Crippen LogP contribution is -2.38. The molecule has 1 N–H and O–H groups in total. The van der Waals surface area contributed by atoms with Gasteiger partial charge in [-0.05, 0) is 57.0 Å². The number of likely N-dealkylation sites (tertiary alicyclic amines) is 1. The summed E-state index contributed by atoms with van der Waals surface area (Å²) in [4.78, 5) is 16.1. The van der Waals surface area contributed by atoms with Crippen molar-refractivity contribution < 1.29 is 14.6 Å². The number of hydrogen-bond acceptors (Lipinski definition) is 4. The van der Waals surface area contributed by atoms with Gasteiger partial charge in [-0.3, -0.25) is 4.79 Å². The molecule has 2 aliphatic rings. The van der Waals surface area contributed by atoms with Gasteiger partial charge in [0.25, 0.3) is 5.91 Å². The minimum atomic E-state index is -0.502. The number of hydrogen-bond donors (Lipinski definition) is 1. The van der Waals surface area contributed by atoms with E-state index in [-0.39, 0.29) is 12.5 Å². The number of nitrogens with zero attached hydrogens (tertiary/aromatic N) is 2. The zero-order valence-corrected chi connectivity index (χ0v) is 13.8. The van der Waals surface area contributed by atoms with Gasteiger partial charge in [0.05, 0.1) is 11.8 Å². The molecule has 1 aromatic carbocycles. The van der Waals surface area contributed by atoms with Crippen molar-refractivity contribution >= 4 is 11.6 Å². The molecule has 2 aliphatic heterocycles. The van der Waals surface area contributed by atoms with Gasteiger partial charge in [0, 0.05) is 13.1 Å². The Balaban J connectivity index is 1.67. The number of likely N-dealkylation sites (N-methyl/N-ethyl adjacent to an activating group) is 1. The maximum Gasteiger partial charge on any atom is 0.265 e. The van der Waals surface area contributed by atoms with Crippen LogP contribution in [0.2, 0.25) is 0 Å². The fraction of sp³-hybridized carbons (Fsp3) is 0.611. The zero-order valence-electron chi connectivity index (χ0n) is 13.8. The molecule has 1 aromatic rings. The highest BCUT2D eigenvalue weighted by Crippen LogP contribution is 2.35. The molecule has 0 bridgehead atoms. The van der Waals surface area contributed by atoms with E-state index in [1.54, 1.807) is 4.90 Å². The molecule has 0 saturated carbocycles. The first-order valence-electron chi connectivity index (χ1n) is 8.66. The number of aliphatic hydroxyl groups is 1. The molecule has 1 amide bonds. The Kier molecular flexibility index (Phi) is 5.18. The van der Waals surface area contributed by atoms with Crippen LogP contribution in [0.25, 0.3) is 0 Å². The molecule has 126 valence electrons. The van der Waals surface area contributed by atoms with Crippen LogP contribution in [0.15, 0.2) is 18.2 Å². The van der Waals surface area contributed by atoms with Gasteiger partial charge >= 0.3 is 0 Å². The van der Waals surface area contributed by atoms with Crippen molar-refractivity contribution in [3.05, 3.63) is 23.8 Å². The highest BCUT2D eigenvalue weighted by atomic mass is 16.5. The van der Waals surface area contributed by atoms with Gasteiger partial charge in [0.15, 0.2) is 6.61 Å². The van der Waals surface area contributed by atoms with E-state index in [0.717, 1.165) is 43.1 Å². The Morgan fingerprint density at radius 1 is 1.26 bits per heavy atom. The van der Waals surface area contributed by atoms with E-state index >= 15 is 0 Å². The van der Waals surface area contributed by atoms with E-state index in [9.17, 15) is 9.90 Å². The molecule has 5 heteroatoms. The SMILES string of the molecule is CCN1C(=O)COc2ccc(C(O)CCN3CCCCC3)cc21. The summed E-state index contributed by atoms with van der Waals surface area (Å²) in [5.41, 5.74) is 1.63. The van der Waals surface area contributed by atoms with Crippen LogP contribution in [-0.2, 0) is 4.79 Å². The summed E-state index contributed by atoms with van der Waals surface area (Å²) in [6.45, 7) is 5.86. The zero-order chi connectivity index (χ0) is 16.2. The summed E-state index contributed by atoms with van der Waals surface area (Å²) < 4.78 is 5.48. The van der Waals surface area contributed by atoms with Gasteiger partial charge < -0.3 is 19.6 Å². The molecular formula is C18H26N2O3. The fourth-order valence-electron chi connectivity index (χ4n) is 3.43. The summed E-state index contributed by atoms with van der Waals surface area (Å²) >= 11 is 0. The molecule has 1 unspecified atom stereocenters. The molecule has 0 radical (unpaired) electrons. The third-order valence-electron chi connectivity index (χ3n) is 4.79. The van der Waals surface area contributed by atoms with Gasteiger partial charge in [0.1, 0.15) is 5.75 Å². The van der Waals surface area contributed by atoms with Crippen molar-refractivity contribution in [2.45, 2.75) is 38.7 Å². The molecule has 0 aliphatic carbocycles. The number of ether oxygens (including phenoxy) is 1. The topological polar surface area (TPSA) is 53.0 Å². The summed E-state index contributed by atoms with van der Waals surface area (Å²) in [6.07, 6.45) is 4.07. The number of piperidine rings is 1. The van der Waals surface area contributed by atoms with Crippen LogP contribution in [0.5, 0.6) is 5.75 Å². The van der Waals surface area contributed by atoms with Crippen molar-refractivity contribution in [2.24, 2.45) is 0 Å². The van der Waals surface area contributed by atoms with Crippen LogP contribution in [0.1, 0.15) is 44.3 Å². The van der Waals surface area contributed by atoms with Crippen molar-refractivity contribution in [1.29, 1.82) is 0 Å². The molecule has 1 saturated heterocycles. The van der Waals surface area contributed by atoms with E-state index in [1.807, 2.05) is 25.1 Å². The second kappa shape index (κ2) is 7.32. The highest BCUT2D eigenvalue weighted by Gasteiger charge is 2.25. The van der Waals surface area contributed by atoms with Crippen LogP contribution >= 0.6 is 0 Å². The molecule has 3 rings (SSSR count). The van der Waals surface area contributed by atoms with E-state index in [1.165, 1.54) is 19.3 Å². The Hall–Kier alpha value is -1.59. The normalized spacial score (nSPS) is 20.1. The standard InChI is InChI=1S/C18H26N2O3/c1-2-20-15-12-14(6-7-17(15)23-13-18(20)22)16(21)8-11-19-9-4-3-5-10-19/h6-7,12,16,21H,2-5,8-11,13H2,1H3. The second-order valence-corrected chi connectivity index (χ2v) is 6.36. The van der Waals surface area contributed by atoms with Gasteiger partial charge in [-0.25, -0.2) is 0 Å². The van der Waals surface area contributed by atoms with E-state index in [0.29, 0.717) is 6.54 Å². The van der Waals surface area contributed by atoms with Crippen LogP contribution in [-0.4, -0.2) is 48.7 Å². The molecule has 1 fully saturated rings. The van der Waals surface area contributed by atoms with Crippen LogP contribution in [0.4, 0.5) is 5.69 Å². The number of carbonyl (C=O) groups excluding carboxylic acids is 1. The number of anilines is 1. The molecule has 5 nitrogen and oxygen atoms in total. The van der Waals surface area contributed by atoms with Gasteiger partial charge in [0.2, 0.25) is 0 Å². The predicted molar refractivity (Wildman–Crippen MR) is 89.8 cm³/mol. The summed E-state index contributed by atoms with van der Waals surface area (Å²) in [5, 5.41) is 10.5. The molecule has 1 atom stereocenters. The Labute approximate surface area is 137 Å². The number of fused-ring (bicyclic) bond motifs is 1. The second-order valence-electron chi connectivity index (χ2n) is 6.36. The molecule has 0 spiro atoms. The number of rotatable bonds is 5. The van der Waals surface area contributed by atoms with E-state index in [4.69, 9.17) is 4.74 Å². The molecular weight excluding hydrogens is 292 g/mol.